The summed E-state index contributed by atoms with van der Waals surface area (Å²) in [5.41, 5.74) is 2.74. The Bertz CT molecular complexity index is 1310. The van der Waals surface area contributed by atoms with Crippen molar-refractivity contribution in [1.29, 1.82) is 0 Å². The maximum absolute atomic E-state index is 12.6. The molecule has 1 aliphatic heterocycles. The minimum Gasteiger partial charge on any atom is -0.351 e. The van der Waals surface area contributed by atoms with Gasteiger partial charge in [-0.15, -0.1) is 0 Å². The number of rotatable bonds is 7. The molecule has 0 atom stereocenters. The fourth-order valence-electron chi connectivity index (χ4n) is 4.66. The first kappa shape index (κ1) is 21.8. The molecule has 7 heteroatoms. The summed E-state index contributed by atoms with van der Waals surface area (Å²) in [4.78, 5) is 33.2. The van der Waals surface area contributed by atoms with Crippen LogP contribution >= 0.6 is 11.3 Å². The number of nitrogens with zero attached hydrogens (tertiary/aromatic N) is 3. The summed E-state index contributed by atoms with van der Waals surface area (Å²) in [6.45, 7) is 3.83. The molecule has 0 spiro atoms. The van der Waals surface area contributed by atoms with E-state index in [9.17, 15) is 9.59 Å². The van der Waals surface area contributed by atoms with Gasteiger partial charge < -0.3 is 10.2 Å². The van der Waals surface area contributed by atoms with Crippen molar-refractivity contribution in [2.24, 2.45) is 5.92 Å². The average molecular weight is 461 g/mol. The number of aromatic nitrogens is 2. The van der Waals surface area contributed by atoms with Gasteiger partial charge in [0.15, 0.2) is 4.96 Å². The van der Waals surface area contributed by atoms with E-state index in [4.69, 9.17) is 0 Å². The number of nitrogens with one attached hydrogen (secondary N) is 1. The second-order valence-electron chi connectivity index (χ2n) is 8.75. The van der Waals surface area contributed by atoms with Crippen LogP contribution in [0.3, 0.4) is 0 Å². The van der Waals surface area contributed by atoms with Gasteiger partial charge in [-0.3, -0.25) is 14.0 Å². The lowest BCUT2D eigenvalue weighted by Gasteiger charge is -2.32. The second kappa shape index (κ2) is 9.85. The van der Waals surface area contributed by atoms with Crippen LogP contribution in [0.5, 0.6) is 0 Å². The summed E-state index contributed by atoms with van der Waals surface area (Å²) >= 11 is 1.25. The highest BCUT2D eigenvalue weighted by atomic mass is 32.1. The number of hydrogen-bond donors (Lipinski definition) is 1. The van der Waals surface area contributed by atoms with Crippen LogP contribution in [-0.2, 0) is 6.42 Å². The lowest BCUT2D eigenvalue weighted by Crippen LogP contribution is -2.36. The molecule has 1 aliphatic rings. The predicted molar refractivity (Wildman–Crippen MR) is 133 cm³/mol. The summed E-state index contributed by atoms with van der Waals surface area (Å²) in [6.07, 6.45) is 4.53. The van der Waals surface area contributed by atoms with Crippen LogP contribution in [0.2, 0.25) is 0 Å². The summed E-state index contributed by atoms with van der Waals surface area (Å²) < 4.78 is 1.57. The van der Waals surface area contributed by atoms with Crippen LogP contribution in [0.1, 0.15) is 34.5 Å². The van der Waals surface area contributed by atoms with Crippen LogP contribution in [0, 0.1) is 5.92 Å². The number of carbonyl (C=O) groups excluding carboxylic acids is 1. The third-order valence-electron chi connectivity index (χ3n) is 6.44. The van der Waals surface area contributed by atoms with Crippen molar-refractivity contribution in [2.75, 3.05) is 26.2 Å². The van der Waals surface area contributed by atoms with E-state index in [0.717, 1.165) is 43.0 Å². The predicted octanol–water partition coefficient (Wildman–Crippen LogP) is 3.98. The number of carbonyl (C=O) groups is 1. The number of imidazole rings is 1. The van der Waals surface area contributed by atoms with Crippen molar-refractivity contribution < 1.29 is 4.79 Å². The Labute approximate surface area is 196 Å². The third kappa shape index (κ3) is 4.99. The zero-order valence-electron chi connectivity index (χ0n) is 18.6. The van der Waals surface area contributed by atoms with Crippen molar-refractivity contribution in [1.82, 2.24) is 19.6 Å². The molecular weight excluding hydrogens is 432 g/mol. The maximum Gasteiger partial charge on any atom is 0.261 e. The number of amides is 1. The van der Waals surface area contributed by atoms with Crippen LogP contribution in [0.4, 0.5) is 0 Å². The molecule has 2 aromatic heterocycles. The molecule has 0 unspecified atom stereocenters. The molecule has 170 valence electrons. The minimum absolute atomic E-state index is 0.201. The standard InChI is InChI=1S/C26H28N4O2S/c31-24-18-23(33-26-28-21-9-4-5-10-22(21)30(24)26)25(32)27-13-6-14-29-15-11-20(12-16-29)17-19-7-2-1-3-8-19/h1-5,7-10,18,20H,6,11-17H2,(H,27,32). The number of benzene rings is 2. The summed E-state index contributed by atoms with van der Waals surface area (Å²) in [7, 11) is 0. The van der Waals surface area contributed by atoms with E-state index in [2.05, 4.69) is 45.5 Å². The molecule has 1 amide bonds. The zero-order valence-corrected chi connectivity index (χ0v) is 19.4. The topological polar surface area (TPSA) is 66.7 Å². The lowest BCUT2D eigenvalue weighted by atomic mass is 9.90. The number of hydrogen-bond acceptors (Lipinski definition) is 5. The minimum atomic E-state index is -0.221. The summed E-state index contributed by atoms with van der Waals surface area (Å²) in [5, 5.41) is 2.97. The van der Waals surface area contributed by atoms with E-state index in [1.165, 1.54) is 42.2 Å². The van der Waals surface area contributed by atoms with Gasteiger partial charge in [-0.2, -0.15) is 0 Å². The quantitative estimate of drug-likeness (QED) is 0.424. The number of piperidine rings is 1. The molecule has 2 aromatic carbocycles. The highest BCUT2D eigenvalue weighted by Crippen LogP contribution is 2.22. The Morgan fingerprint density at radius 2 is 1.82 bits per heavy atom. The van der Waals surface area contributed by atoms with Gasteiger partial charge in [0, 0.05) is 12.6 Å². The Balaban J connectivity index is 1.09. The molecule has 0 bridgehead atoms. The second-order valence-corrected chi connectivity index (χ2v) is 9.76. The first-order valence-electron chi connectivity index (χ1n) is 11.6. The van der Waals surface area contributed by atoms with Crippen LogP contribution in [0.15, 0.2) is 65.5 Å². The van der Waals surface area contributed by atoms with E-state index in [-0.39, 0.29) is 11.5 Å². The van der Waals surface area contributed by atoms with Gasteiger partial charge in [0.1, 0.15) is 4.88 Å². The first-order chi connectivity index (χ1) is 16.2. The number of fused-ring (bicyclic) bond motifs is 3. The van der Waals surface area contributed by atoms with E-state index in [1.807, 2.05) is 24.3 Å². The normalized spacial score (nSPS) is 15.3. The molecule has 4 aromatic rings. The molecule has 6 nitrogen and oxygen atoms in total. The SMILES string of the molecule is O=C(NCCCN1CCC(Cc2ccccc2)CC1)c1cc(=O)n2c(nc3ccccc32)s1. The summed E-state index contributed by atoms with van der Waals surface area (Å²) in [5.74, 6) is 0.564. The molecule has 5 rings (SSSR count). The molecule has 1 fully saturated rings. The Morgan fingerprint density at radius 3 is 2.64 bits per heavy atom. The van der Waals surface area contributed by atoms with Crippen molar-refractivity contribution >= 4 is 33.2 Å². The molecule has 0 aliphatic carbocycles. The molecular formula is C26H28N4O2S. The zero-order chi connectivity index (χ0) is 22.6. The smallest absolute Gasteiger partial charge is 0.261 e. The Hall–Kier alpha value is -3.03. The molecule has 0 saturated carbocycles. The van der Waals surface area contributed by atoms with Gasteiger partial charge in [-0.05, 0) is 68.9 Å². The molecule has 3 heterocycles. The van der Waals surface area contributed by atoms with E-state index in [1.54, 1.807) is 4.40 Å². The Kier molecular flexibility index (Phi) is 6.51. The fourth-order valence-corrected chi connectivity index (χ4v) is 5.60. The highest BCUT2D eigenvalue weighted by Gasteiger charge is 2.19. The molecule has 33 heavy (non-hydrogen) atoms. The van der Waals surface area contributed by atoms with Gasteiger partial charge in [0.05, 0.1) is 11.0 Å². The van der Waals surface area contributed by atoms with E-state index in [0.29, 0.717) is 16.4 Å². The fraction of sp³-hybridized carbons (Fsp3) is 0.346. The molecule has 1 N–H and O–H groups in total. The monoisotopic (exact) mass is 460 g/mol. The van der Waals surface area contributed by atoms with E-state index < -0.39 is 0 Å². The number of para-hydroxylation sites is 2. The first-order valence-corrected chi connectivity index (χ1v) is 12.4. The van der Waals surface area contributed by atoms with E-state index >= 15 is 0 Å². The van der Waals surface area contributed by atoms with Gasteiger partial charge in [0.25, 0.3) is 11.5 Å². The number of likely N-dealkylation sites (tertiary alicyclic amines) is 1. The maximum atomic E-state index is 12.6. The molecule has 1 saturated heterocycles. The van der Waals surface area contributed by atoms with Gasteiger partial charge in [0.2, 0.25) is 0 Å². The Morgan fingerprint density at radius 1 is 1.06 bits per heavy atom. The van der Waals surface area contributed by atoms with Crippen molar-refractivity contribution in [2.45, 2.75) is 25.7 Å². The van der Waals surface area contributed by atoms with Gasteiger partial charge >= 0.3 is 0 Å². The van der Waals surface area contributed by atoms with Crippen LogP contribution < -0.4 is 10.9 Å². The molecule has 0 radical (unpaired) electrons. The highest BCUT2D eigenvalue weighted by molar-refractivity contribution is 7.18. The lowest BCUT2D eigenvalue weighted by molar-refractivity contribution is 0.0954. The van der Waals surface area contributed by atoms with Crippen LogP contribution in [-0.4, -0.2) is 46.4 Å². The van der Waals surface area contributed by atoms with Gasteiger partial charge in [-0.1, -0.05) is 53.8 Å². The van der Waals surface area contributed by atoms with Crippen LogP contribution in [0.25, 0.3) is 16.0 Å². The van der Waals surface area contributed by atoms with Crippen molar-refractivity contribution in [3.8, 4) is 0 Å². The van der Waals surface area contributed by atoms with Gasteiger partial charge in [-0.25, -0.2) is 4.98 Å². The average Bonchev–Trinajstić information content (AvgIpc) is 3.22. The largest absolute Gasteiger partial charge is 0.351 e. The van der Waals surface area contributed by atoms with Crippen molar-refractivity contribution in [3.05, 3.63) is 81.5 Å². The third-order valence-corrected chi connectivity index (χ3v) is 7.42. The van der Waals surface area contributed by atoms with Crippen molar-refractivity contribution in [3.63, 3.8) is 0 Å². The summed E-state index contributed by atoms with van der Waals surface area (Å²) in [6, 6.07) is 19.7.